The minimum absolute atomic E-state index is 0.0717. The van der Waals surface area contributed by atoms with Gasteiger partial charge in [-0.05, 0) is 56.5 Å². The number of Topliss-reactive ketones (excluding diaryl/α,β-unsaturated/α-hetero) is 1. The Hall–Kier alpha value is -3.83. The van der Waals surface area contributed by atoms with Crippen LogP contribution in [0.15, 0.2) is 47.3 Å². The summed E-state index contributed by atoms with van der Waals surface area (Å²) in [5.41, 5.74) is -3.41. The summed E-state index contributed by atoms with van der Waals surface area (Å²) in [5.74, 6) is -2.32. The molecule has 0 radical (unpaired) electrons. The first-order valence-corrected chi connectivity index (χ1v) is 12.5. The second kappa shape index (κ2) is 11.3. The third kappa shape index (κ3) is 6.48. The first kappa shape index (κ1) is 30.7. The molecule has 1 aromatic heterocycles. The molecule has 0 aliphatic heterocycles. The topological polar surface area (TPSA) is 75.2 Å². The minimum Gasteiger partial charge on any atom is -0.328 e. The Kier molecular flexibility index (Phi) is 8.71. The van der Waals surface area contributed by atoms with E-state index in [4.69, 9.17) is 0 Å². The fourth-order valence-corrected chi connectivity index (χ4v) is 4.14. The molecule has 1 atom stereocenters. The Labute approximate surface area is 226 Å². The molecule has 216 valence electrons. The largest absolute Gasteiger partial charge is 0.416 e. The van der Waals surface area contributed by atoms with Gasteiger partial charge < -0.3 is 4.90 Å². The number of halogens is 6. The van der Waals surface area contributed by atoms with Gasteiger partial charge in [0.05, 0.1) is 29.1 Å². The van der Waals surface area contributed by atoms with E-state index in [0.29, 0.717) is 17.8 Å². The van der Waals surface area contributed by atoms with Gasteiger partial charge in [-0.1, -0.05) is 38.5 Å². The predicted octanol–water partition coefficient (Wildman–Crippen LogP) is 6.76. The number of aromatic nitrogens is 2. The Morgan fingerprint density at radius 1 is 0.925 bits per heavy atom. The molecule has 0 fully saturated rings. The Balaban J connectivity index is 2.08. The predicted molar refractivity (Wildman–Crippen MR) is 137 cm³/mol. The first-order valence-electron chi connectivity index (χ1n) is 12.5. The summed E-state index contributed by atoms with van der Waals surface area (Å²) in [6.07, 6.45) is -10.1. The molecule has 0 aliphatic carbocycles. The van der Waals surface area contributed by atoms with Crippen molar-refractivity contribution in [2.75, 3.05) is 6.54 Å². The van der Waals surface area contributed by atoms with Crippen molar-refractivity contribution in [3.63, 3.8) is 0 Å². The van der Waals surface area contributed by atoms with Crippen LogP contribution in [0.5, 0.6) is 0 Å². The Bertz CT molecular complexity index is 1420. The van der Waals surface area contributed by atoms with Gasteiger partial charge in [0.1, 0.15) is 5.56 Å². The molecule has 6 nitrogen and oxygen atoms in total. The molecule has 40 heavy (non-hydrogen) atoms. The summed E-state index contributed by atoms with van der Waals surface area (Å²) < 4.78 is 81.6. The van der Waals surface area contributed by atoms with Gasteiger partial charge in [0.2, 0.25) is 0 Å². The number of carbonyl (C=O) groups excluding carboxylic acids is 2. The number of benzene rings is 2. The molecular formula is C28H29F6N3O3. The number of nitrogens with zero attached hydrogens (tertiary/aromatic N) is 2. The fourth-order valence-electron chi connectivity index (χ4n) is 4.14. The SMILES string of the molecule is CCC(C)N(CC(=O)c1c(C(C)C)[nH]n(-c2ccc(C)cc2)c1=O)C(=O)c1cc(C(F)(F)F)cc(C(F)(F)F)c1. The maximum absolute atomic E-state index is 13.5. The van der Waals surface area contributed by atoms with Gasteiger partial charge in [-0.25, -0.2) is 4.68 Å². The molecule has 0 aliphatic rings. The van der Waals surface area contributed by atoms with E-state index in [1.165, 1.54) is 11.6 Å². The van der Waals surface area contributed by atoms with Crippen LogP contribution in [0.25, 0.3) is 5.69 Å². The van der Waals surface area contributed by atoms with Crippen molar-refractivity contribution in [2.45, 2.75) is 65.4 Å². The van der Waals surface area contributed by atoms with Crippen LogP contribution in [0.2, 0.25) is 0 Å². The number of ketones is 1. The number of H-pyrrole nitrogens is 1. The summed E-state index contributed by atoms with van der Waals surface area (Å²) >= 11 is 0. The average molecular weight is 570 g/mol. The van der Waals surface area contributed by atoms with E-state index >= 15 is 0 Å². The van der Waals surface area contributed by atoms with Crippen LogP contribution in [-0.2, 0) is 12.4 Å². The number of hydrogen-bond donors (Lipinski definition) is 1. The van der Waals surface area contributed by atoms with Gasteiger partial charge in [-0.2, -0.15) is 26.3 Å². The van der Waals surface area contributed by atoms with Crippen LogP contribution in [0.4, 0.5) is 26.3 Å². The normalized spacial score (nSPS) is 13.0. The van der Waals surface area contributed by atoms with Crippen molar-refractivity contribution in [1.82, 2.24) is 14.7 Å². The summed E-state index contributed by atoms with van der Waals surface area (Å²) in [4.78, 5) is 41.1. The monoisotopic (exact) mass is 569 g/mol. The standard InChI is InChI=1S/C28H29F6N3O3/c1-6-17(5)36(25(39)18-11-19(27(29,30)31)13-20(12-18)28(32,33)34)14-22(38)23-24(15(2)3)35-37(26(23)40)21-9-7-16(4)8-10-21/h7-13,15,17,35H,6,14H2,1-5H3. The molecule has 0 bridgehead atoms. The summed E-state index contributed by atoms with van der Waals surface area (Å²) in [6.45, 7) is 7.75. The lowest BCUT2D eigenvalue weighted by Crippen LogP contribution is -2.43. The lowest BCUT2D eigenvalue weighted by molar-refractivity contribution is -0.143. The molecule has 1 unspecified atom stereocenters. The van der Waals surface area contributed by atoms with E-state index < -0.39 is 58.9 Å². The Morgan fingerprint density at radius 2 is 1.45 bits per heavy atom. The lowest BCUT2D eigenvalue weighted by Gasteiger charge is -2.28. The van der Waals surface area contributed by atoms with Crippen LogP contribution in [0.1, 0.15) is 83.1 Å². The van der Waals surface area contributed by atoms with Gasteiger partial charge in [0.15, 0.2) is 5.78 Å². The summed E-state index contributed by atoms with van der Waals surface area (Å²) in [7, 11) is 0. The zero-order valence-corrected chi connectivity index (χ0v) is 22.5. The van der Waals surface area contributed by atoms with Crippen molar-refractivity contribution in [3.05, 3.63) is 86.3 Å². The first-order chi connectivity index (χ1) is 18.4. The molecule has 3 aromatic rings. The number of amides is 1. The van der Waals surface area contributed by atoms with E-state index in [-0.39, 0.29) is 29.7 Å². The van der Waals surface area contributed by atoms with E-state index in [1.807, 2.05) is 6.92 Å². The van der Waals surface area contributed by atoms with Crippen LogP contribution in [0.3, 0.4) is 0 Å². The molecule has 12 heteroatoms. The number of alkyl halides is 6. The highest BCUT2D eigenvalue weighted by atomic mass is 19.4. The zero-order chi connectivity index (χ0) is 30.2. The maximum Gasteiger partial charge on any atom is 0.416 e. The molecule has 0 spiro atoms. The van der Waals surface area contributed by atoms with Gasteiger partial charge in [-0.15, -0.1) is 0 Å². The number of nitrogens with one attached hydrogen (secondary N) is 1. The molecule has 3 rings (SSSR count). The fraction of sp³-hybridized carbons (Fsp3) is 0.393. The molecule has 1 N–H and O–H groups in total. The van der Waals surface area contributed by atoms with Crippen LogP contribution < -0.4 is 5.56 Å². The number of aryl methyl sites for hydroxylation is 1. The second-order valence-corrected chi connectivity index (χ2v) is 9.94. The van der Waals surface area contributed by atoms with Gasteiger partial charge in [0.25, 0.3) is 11.5 Å². The molecule has 2 aromatic carbocycles. The Morgan fingerprint density at radius 3 is 1.90 bits per heavy atom. The highest BCUT2D eigenvalue weighted by Gasteiger charge is 2.38. The lowest BCUT2D eigenvalue weighted by atomic mass is 10.0. The van der Waals surface area contributed by atoms with Crippen molar-refractivity contribution >= 4 is 11.7 Å². The zero-order valence-electron chi connectivity index (χ0n) is 22.5. The van der Waals surface area contributed by atoms with E-state index in [2.05, 4.69) is 5.10 Å². The minimum atomic E-state index is -5.15. The van der Waals surface area contributed by atoms with Gasteiger partial charge >= 0.3 is 12.4 Å². The molecular weight excluding hydrogens is 540 g/mol. The third-order valence-corrected chi connectivity index (χ3v) is 6.60. The molecule has 0 saturated carbocycles. The summed E-state index contributed by atoms with van der Waals surface area (Å²) in [5, 5.41) is 2.92. The quantitative estimate of drug-likeness (QED) is 0.241. The molecule has 1 amide bonds. The smallest absolute Gasteiger partial charge is 0.328 e. The van der Waals surface area contributed by atoms with Crippen LogP contribution in [0, 0.1) is 6.92 Å². The average Bonchev–Trinajstić information content (AvgIpc) is 3.22. The van der Waals surface area contributed by atoms with Crippen molar-refractivity contribution in [1.29, 1.82) is 0 Å². The molecule has 0 saturated heterocycles. The summed E-state index contributed by atoms with van der Waals surface area (Å²) in [6, 6.07) is 6.73. The number of carbonyl (C=O) groups is 2. The third-order valence-electron chi connectivity index (χ3n) is 6.60. The number of aromatic amines is 1. The van der Waals surface area contributed by atoms with Crippen LogP contribution in [-0.4, -0.2) is 39.0 Å². The number of hydrogen-bond acceptors (Lipinski definition) is 3. The second-order valence-electron chi connectivity index (χ2n) is 9.94. The highest BCUT2D eigenvalue weighted by Crippen LogP contribution is 2.36. The van der Waals surface area contributed by atoms with Crippen molar-refractivity contribution < 1.29 is 35.9 Å². The van der Waals surface area contributed by atoms with Gasteiger partial charge in [-0.3, -0.25) is 19.5 Å². The van der Waals surface area contributed by atoms with E-state index in [1.54, 1.807) is 45.0 Å². The van der Waals surface area contributed by atoms with E-state index in [0.717, 1.165) is 10.5 Å². The van der Waals surface area contributed by atoms with Crippen molar-refractivity contribution in [3.8, 4) is 5.69 Å². The van der Waals surface area contributed by atoms with Crippen LogP contribution >= 0.6 is 0 Å². The molecule has 1 heterocycles. The number of rotatable bonds is 8. The van der Waals surface area contributed by atoms with Gasteiger partial charge in [0, 0.05) is 11.6 Å². The maximum atomic E-state index is 13.5. The highest BCUT2D eigenvalue weighted by molar-refractivity contribution is 6.03. The van der Waals surface area contributed by atoms with Crippen molar-refractivity contribution in [2.24, 2.45) is 0 Å². The van der Waals surface area contributed by atoms with E-state index in [9.17, 15) is 40.7 Å².